The molecule has 3 heterocycles. The van der Waals surface area contributed by atoms with Crippen molar-refractivity contribution in [3.63, 3.8) is 0 Å². The highest BCUT2D eigenvalue weighted by Gasteiger charge is 2.48. The van der Waals surface area contributed by atoms with Crippen LogP contribution in [0.5, 0.6) is 5.88 Å². The summed E-state index contributed by atoms with van der Waals surface area (Å²) in [6.45, 7) is 3.52. The van der Waals surface area contributed by atoms with Crippen molar-refractivity contribution in [3.05, 3.63) is 52.6 Å². The zero-order valence-corrected chi connectivity index (χ0v) is 20.2. The summed E-state index contributed by atoms with van der Waals surface area (Å²) >= 11 is 0. The lowest BCUT2D eigenvalue weighted by Crippen LogP contribution is -2.36. The van der Waals surface area contributed by atoms with E-state index in [9.17, 15) is 18.4 Å². The summed E-state index contributed by atoms with van der Waals surface area (Å²) in [5.41, 5.74) is -0.0994. The molecule has 0 spiro atoms. The fourth-order valence-electron chi connectivity index (χ4n) is 4.63. The van der Waals surface area contributed by atoms with Gasteiger partial charge in [-0.2, -0.15) is 10.2 Å². The third-order valence-electron chi connectivity index (χ3n) is 6.98. The van der Waals surface area contributed by atoms with Crippen molar-refractivity contribution in [2.24, 2.45) is 0 Å². The fourth-order valence-corrected chi connectivity index (χ4v) is 4.63. The Morgan fingerprint density at radius 3 is 2.64 bits per heavy atom. The average Bonchev–Trinajstić information content (AvgIpc) is 3.65. The molecule has 0 atom stereocenters. The summed E-state index contributed by atoms with van der Waals surface area (Å²) in [6.07, 6.45) is 0.262. The zero-order chi connectivity index (χ0) is 25.4. The molecule has 36 heavy (non-hydrogen) atoms. The van der Waals surface area contributed by atoms with E-state index >= 15 is 0 Å². The van der Waals surface area contributed by atoms with Gasteiger partial charge >= 0.3 is 0 Å². The van der Waals surface area contributed by atoms with Crippen LogP contribution in [-0.4, -0.2) is 46.1 Å². The van der Waals surface area contributed by atoms with Crippen molar-refractivity contribution >= 4 is 16.9 Å². The maximum atomic E-state index is 14.6. The van der Waals surface area contributed by atoms with E-state index in [-0.39, 0.29) is 18.2 Å². The molecule has 1 aliphatic heterocycles. The molecular formula is C26H27F3N6O. The summed E-state index contributed by atoms with van der Waals surface area (Å²) in [7, 11) is 2.08. The van der Waals surface area contributed by atoms with Crippen LogP contribution in [0.3, 0.4) is 0 Å². The van der Waals surface area contributed by atoms with Crippen LogP contribution in [-0.2, 0) is 12.0 Å². The lowest BCUT2D eigenvalue weighted by Gasteiger charge is -2.29. The lowest BCUT2D eigenvalue weighted by atomic mass is 9.97. The van der Waals surface area contributed by atoms with Gasteiger partial charge in [0, 0.05) is 30.8 Å². The van der Waals surface area contributed by atoms with E-state index in [4.69, 9.17) is 9.72 Å². The monoisotopic (exact) mass is 496 g/mol. The normalized spacial score (nSPS) is 17.8. The first kappa shape index (κ1) is 24.3. The number of aromatic nitrogens is 3. The van der Waals surface area contributed by atoms with E-state index in [1.165, 1.54) is 12.1 Å². The number of anilines is 1. The van der Waals surface area contributed by atoms with E-state index in [0.29, 0.717) is 47.0 Å². The number of aryl methyl sites for hydroxylation is 1. The molecule has 2 aliphatic rings. The second kappa shape index (κ2) is 9.54. The van der Waals surface area contributed by atoms with E-state index in [2.05, 4.69) is 33.3 Å². The number of nitriles is 1. The van der Waals surface area contributed by atoms with Gasteiger partial charge in [0.15, 0.2) is 5.65 Å². The van der Waals surface area contributed by atoms with Gasteiger partial charge in [0.2, 0.25) is 5.88 Å². The number of fused-ring (bicyclic) bond motifs is 1. The van der Waals surface area contributed by atoms with Crippen molar-refractivity contribution < 1.29 is 17.9 Å². The number of ether oxygens (including phenoxy) is 1. The number of likely N-dealkylation sites (tertiary alicyclic amines) is 1. The van der Waals surface area contributed by atoms with E-state index in [1.807, 2.05) is 6.07 Å². The molecule has 2 aromatic heterocycles. The van der Waals surface area contributed by atoms with Crippen LogP contribution in [0.2, 0.25) is 0 Å². The molecule has 1 aliphatic carbocycles. The molecule has 0 radical (unpaired) electrons. The molecule has 0 unspecified atom stereocenters. The maximum Gasteiger partial charge on any atom is 0.266 e. The summed E-state index contributed by atoms with van der Waals surface area (Å²) in [5.74, 6) is 0.325. The molecule has 0 bridgehead atoms. The minimum absolute atomic E-state index is 0.00464. The Balaban J connectivity index is 1.51. The lowest BCUT2D eigenvalue weighted by molar-refractivity contribution is 0.109. The standard InChI is InChI=1S/C26H27F3N6O/c1-15-32-23(31-13-16-4-3-5-18(21(16)27)22(28)29)19-12-20(26(14-30)8-9-26)25(34-24(19)33-15)36-17-6-10-35(2)11-7-17/h3-5,12,17,22H,6-11,13H2,1-2H3,(H,31,32,33,34). The number of nitrogens with zero attached hydrogens (tertiary/aromatic N) is 5. The molecule has 3 aromatic rings. The summed E-state index contributed by atoms with van der Waals surface area (Å²) in [4.78, 5) is 15.9. The van der Waals surface area contributed by atoms with Gasteiger partial charge in [-0.15, -0.1) is 0 Å². The Bertz CT molecular complexity index is 1330. The second-order valence-corrected chi connectivity index (χ2v) is 9.62. The molecule has 0 amide bonds. The molecule has 1 saturated heterocycles. The van der Waals surface area contributed by atoms with Gasteiger partial charge in [-0.05, 0) is 45.7 Å². The first-order chi connectivity index (χ1) is 17.3. The number of pyridine rings is 1. The highest BCUT2D eigenvalue weighted by molar-refractivity contribution is 5.88. The number of hydrogen-bond acceptors (Lipinski definition) is 7. The van der Waals surface area contributed by atoms with Gasteiger partial charge in [-0.25, -0.2) is 23.1 Å². The van der Waals surface area contributed by atoms with Crippen molar-refractivity contribution in [3.8, 4) is 11.9 Å². The number of halogens is 3. The third kappa shape index (κ3) is 4.67. The molecule has 2 fully saturated rings. The smallest absolute Gasteiger partial charge is 0.266 e. The highest BCUT2D eigenvalue weighted by atomic mass is 19.3. The number of nitrogens with one attached hydrogen (secondary N) is 1. The predicted octanol–water partition coefficient (Wildman–Crippen LogP) is 5.05. The maximum absolute atomic E-state index is 14.6. The van der Waals surface area contributed by atoms with E-state index < -0.39 is 23.2 Å². The number of rotatable bonds is 7. The van der Waals surface area contributed by atoms with Crippen LogP contribution in [0, 0.1) is 24.1 Å². The van der Waals surface area contributed by atoms with Gasteiger partial charge < -0.3 is 15.0 Å². The summed E-state index contributed by atoms with van der Waals surface area (Å²) in [5, 5.41) is 13.6. The Morgan fingerprint density at radius 1 is 1.22 bits per heavy atom. The van der Waals surface area contributed by atoms with Gasteiger partial charge in [0.25, 0.3) is 6.43 Å². The molecule has 1 saturated carbocycles. The number of hydrogen-bond donors (Lipinski definition) is 1. The SMILES string of the molecule is Cc1nc(NCc2cccc(C(F)F)c2F)c2cc(C3(C#N)CC3)c(OC3CCN(C)CC3)nc2n1. The molecule has 10 heteroatoms. The highest BCUT2D eigenvalue weighted by Crippen LogP contribution is 2.51. The van der Waals surface area contributed by atoms with Crippen LogP contribution >= 0.6 is 0 Å². The molecule has 5 rings (SSSR count). The minimum atomic E-state index is -2.90. The molecule has 7 nitrogen and oxygen atoms in total. The number of alkyl halides is 2. The fraction of sp³-hybridized carbons (Fsp3) is 0.462. The van der Waals surface area contributed by atoms with Gasteiger partial charge in [0.1, 0.15) is 23.6 Å². The van der Waals surface area contributed by atoms with Crippen molar-refractivity contribution in [1.29, 1.82) is 5.26 Å². The van der Waals surface area contributed by atoms with E-state index in [0.717, 1.165) is 32.0 Å². The Hall–Kier alpha value is -3.45. The largest absolute Gasteiger partial charge is 0.474 e. The van der Waals surface area contributed by atoms with Crippen molar-refractivity contribution in [2.45, 2.75) is 57.1 Å². The first-order valence-corrected chi connectivity index (χ1v) is 12.1. The third-order valence-corrected chi connectivity index (χ3v) is 6.98. The summed E-state index contributed by atoms with van der Waals surface area (Å²) in [6, 6.07) is 8.20. The zero-order valence-electron chi connectivity index (χ0n) is 20.2. The molecule has 1 N–H and O–H groups in total. The van der Waals surface area contributed by atoms with Crippen LogP contribution < -0.4 is 10.1 Å². The number of benzene rings is 1. The number of piperidine rings is 1. The van der Waals surface area contributed by atoms with Crippen LogP contribution in [0.1, 0.15) is 54.6 Å². The second-order valence-electron chi connectivity index (χ2n) is 9.62. The summed E-state index contributed by atoms with van der Waals surface area (Å²) < 4.78 is 47.2. The molecular weight excluding hydrogens is 469 g/mol. The molecule has 1 aromatic carbocycles. The van der Waals surface area contributed by atoms with Crippen LogP contribution in [0.25, 0.3) is 11.0 Å². The predicted molar refractivity (Wildman–Crippen MR) is 128 cm³/mol. The van der Waals surface area contributed by atoms with Crippen molar-refractivity contribution in [1.82, 2.24) is 19.9 Å². The van der Waals surface area contributed by atoms with Gasteiger partial charge in [-0.3, -0.25) is 0 Å². The van der Waals surface area contributed by atoms with Gasteiger partial charge in [-0.1, -0.05) is 18.2 Å². The quantitative estimate of drug-likeness (QED) is 0.490. The Labute approximate surface area is 207 Å². The minimum Gasteiger partial charge on any atom is -0.474 e. The average molecular weight is 497 g/mol. The topological polar surface area (TPSA) is 87.0 Å². The van der Waals surface area contributed by atoms with Crippen molar-refractivity contribution in [2.75, 3.05) is 25.5 Å². The Kier molecular flexibility index (Phi) is 6.43. The van der Waals surface area contributed by atoms with Crippen LogP contribution in [0.15, 0.2) is 24.3 Å². The van der Waals surface area contributed by atoms with Crippen LogP contribution in [0.4, 0.5) is 19.0 Å². The Morgan fingerprint density at radius 2 is 1.97 bits per heavy atom. The van der Waals surface area contributed by atoms with E-state index in [1.54, 1.807) is 6.92 Å². The first-order valence-electron chi connectivity index (χ1n) is 12.1. The molecule has 188 valence electrons. The van der Waals surface area contributed by atoms with Gasteiger partial charge in [0.05, 0.1) is 22.4 Å².